The van der Waals surface area contributed by atoms with Crippen LogP contribution in [0, 0.1) is 12.1 Å². The van der Waals surface area contributed by atoms with Gasteiger partial charge in [0.2, 0.25) is 5.69 Å². The largest absolute Gasteiger partial charge is 0.618 e. The summed E-state index contributed by atoms with van der Waals surface area (Å²) in [6.45, 7) is 1.91. The number of rotatable bonds is 1. The molecule has 2 aromatic carbocycles. The minimum Gasteiger partial charge on any atom is -0.618 e. The van der Waals surface area contributed by atoms with E-state index in [4.69, 9.17) is 0 Å². The van der Waals surface area contributed by atoms with Crippen LogP contribution in [0.4, 0.5) is 5.69 Å². The summed E-state index contributed by atoms with van der Waals surface area (Å²) in [7, 11) is 0. The summed E-state index contributed by atoms with van der Waals surface area (Å²) >= 11 is 0. The number of Topliss-reactive ketones (excluding diaryl/α,β-unsaturated/α-hetero) is 1. The Morgan fingerprint density at radius 3 is 2.50 bits per heavy atom. The van der Waals surface area contributed by atoms with Gasteiger partial charge in [0.25, 0.3) is 11.5 Å². The molecule has 0 atom stereocenters. The van der Waals surface area contributed by atoms with Crippen LogP contribution in [0.1, 0.15) is 21.5 Å². The van der Waals surface area contributed by atoms with Crippen LogP contribution in [-0.2, 0) is 0 Å². The van der Waals surface area contributed by atoms with Crippen LogP contribution in [0.3, 0.4) is 0 Å². The molecule has 0 spiro atoms. The summed E-state index contributed by atoms with van der Waals surface area (Å²) in [5.41, 5.74) is 2.76. The summed E-state index contributed by atoms with van der Waals surface area (Å²) in [5, 5.41) is 12.2. The standard InChI is InChI=1S/C15H11NO2/c1-10-7-8-13-12(9-10)15(17)14(16(13)18)11-5-3-2-4-6-11/h2-9H,1H3. The Labute approximate surface area is 105 Å². The van der Waals surface area contributed by atoms with Crippen LogP contribution in [-0.4, -0.2) is 16.2 Å². The van der Waals surface area contributed by atoms with Crippen molar-refractivity contribution < 1.29 is 9.53 Å². The van der Waals surface area contributed by atoms with Crippen molar-refractivity contribution in [1.82, 2.24) is 0 Å². The van der Waals surface area contributed by atoms with Crippen molar-refractivity contribution in [2.24, 2.45) is 0 Å². The summed E-state index contributed by atoms with van der Waals surface area (Å²) in [6, 6.07) is 14.3. The van der Waals surface area contributed by atoms with Crippen molar-refractivity contribution in [3.63, 3.8) is 0 Å². The average molecular weight is 237 g/mol. The van der Waals surface area contributed by atoms with Crippen molar-refractivity contribution in [3.8, 4) is 0 Å². The molecule has 1 aliphatic heterocycles. The molecule has 0 amide bonds. The molecule has 0 aromatic heterocycles. The normalized spacial score (nSPS) is 13.9. The van der Waals surface area contributed by atoms with Crippen molar-refractivity contribution in [3.05, 3.63) is 70.4 Å². The van der Waals surface area contributed by atoms with Gasteiger partial charge in [-0.1, -0.05) is 24.3 Å². The third-order valence-corrected chi connectivity index (χ3v) is 3.08. The Morgan fingerprint density at radius 2 is 1.78 bits per heavy atom. The van der Waals surface area contributed by atoms with Gasteiger partial charge >= 0.3 is 0 Å². The molecule has 0 saturated heterocycles. The van der Waals surface area contributed by atoms with E-state index in [-0.39, 0.29) is 11.5 Å². The lowest BCUT2D eigenvalue weighted by atomic mass is 10.0. The number of nitrogens with zero attached hydrogens (tertiary/aromatic N) is 1. The van der Waals surface area contributed by atoms with Crippen LogP contribution >= 0.6 is 0 Å². The molecular weight excluding hydrogens is 226 g/mol. The highest BCUT2D eigenvalue weighted by molar-refractivity contribution is 6.52. The van der Waals surface area contributed by atoms with E-state index < -0.39 is 0 Å². The predicted octanol–water partition coefficient (Wildman–Crippen LogP) is 2.82. The highest BCUT2D eigenvalue weighted by atomic mass is 16.5. The first-order chi connectivity index (χ1) is 8.68. The minimum absolute atomic E-state index is 0.199. The molecule has 88 valence electrons. The fourth-order valence-corrected chi connectivity index (χ4v) is 2.19. The molecule has 0 fully saturated rings. The lowest BCUT2D eigenvalue weighted by Gasteiger charge is -2.01. The smallest absolute Gasteiger partial charge is 0.272 e. The number of fused-ring (bicyclic) bond motifs is 1. The van der Waals surface area contributed by atoms with Crippen molar-refractivity contribution >= 4 is 17.2 Å². The maximum Gasteiger partial charge on any atom is 0.272 e. The van der Waals surface area contributed by atoms with Crippen molar-refractivity contribution in [2.75, 3.05) is 0 Å². The second kappa shape index (κ2) is 3.81. The third-order valence-electron chi connectivity index (χ3n) is 3.08. The van der Waals surface area contributed by atoms with E-state index in [0.717, 1.165) is 10.3 Å². The Balaban J connectivity index is 2.21. The number of aryl methyl sites for hydroxylation is 1. The van der Waals surface area contributed by atoms with Gasteiger partial charge in [0.05, 0.1) is 5.56 Å². The second-order valence-corrected chi connectivity index (χ2v) is 4.36. The predicted molar refractivity (Wildman–Crippen MR) is 69.3 cm³/mol. The van der Waals surface area contributed by atoms with Crippen LogP contribution in [0.2, 0.25) is 0 Å². The van der Waals surface area contributed by atoms with Gasteiger partial charge in [0.15, 0.2) is 0 Å². The Kier molecular flexibility index (Phi) is 2.27. The first kappa shape index (κ1) is 10.7. The molecule has 3 heteroatoms. The van der Waals surface area contributed by atoms with E-state index in [1.807, 2.05) is 31.2 Å². The molecule has 3 rings (SSSR count). The number of carbonyl (C=O) groups is 1. The Morgan fingerprint density at radius 1 is 1.06 bits per heavy atom. The maximum absolute atomic E-state index is 12.3. The fourth-order valence-electron chi connectivity index (χ4n) is 2.19. The molecule has 0 saturated carbocycles. The molecule has 2 aromatic rings. The molecule has 1 heterocycles. The molecule has 0 unspecified atom stereocenters. The van der Waals surface area contributed by atoms with Crippen molar-refractivity contribution in [2.45, 2.75) is 6.92 Å². The van der Waals surface area contributed by atoms with Gasteiger partial charge in [0, 0.05) is 6.07 Å². The number of benzene rings is 2. The van der Waals surface area contributed by atoms with Crippen LogP contribution in [0.25, 0.3) is 0 Å². The highest BCUT2D eigenvalue weighted by Gasteiger charge is 2.36. The highest BCUT2D eigenvalue weighted by Crippen LogP contribution is 2.28. The molecule has 0 radical (unpaired) electrons. The Bertz CT molecular complexity index is 672. The zero-order chi connectivity index (χ0) is 12.7. The lowest BCUT2D eigenvalue weighted by molar-refractivity contribution is -0.355. The number of hydrogen-bond acceptors (Lipinski definition) is 2. The van der Waals surface area contributed by atoms with E-state index in [1.165, 1.54) is 0 Å². The van der Waals surface area contributed by atoms with Gasteiger partial charge < -0.3 is 5.21 Å². The maximum atomic E-state index is 12.3. The quantitative estimate of drug-likeness (QED) is 0.565. The van der Waals surface area contributed by atoms with Crippen LogP contribution in [0.15, 0.2) is 48.5 Å². The van der Waals surface area contributed by atoms with E-state index in [1.54, 1.807) is 24.3 Å². The minimum atomic E-state index is -0.199. The van der Waals surface area contributed by atoms with Gasteiger partial charge in [-0.25, -0.2) is 0 Å². The monoisotopic (exact) mass is 237 g/mol. The SMILES string of the molecule is Cc1ccc2c(c1)C(=O)C(c1ccccc1)=[N+]2[O-]. The topological polar surface area (TPSA) is 43.1 Å². The fraction of sp³-hybridized carbons (Fsp3) is 0.0667. The third kappa shape index (κ3) is 1.44. The van der Waals surface area contributed by atoms with Gasteiger partial charge in [0.1, 0.15) is 5.56 Å². The van der Waals surface area contributed by atoms with Crippen LogP contribution < -0.4 is 0 Å². The molecular formula is C15H11NO2. The number of ketones is 1. The van der Waals surface area contributed by atoms with E-state index >= 15 is 0 Å². The summed E-state index contributed by atoms with van der Waals surface area (Å²) in [4.78, 5) is 12.3. The summed E-state index contributed by atoms with van der Waals surface area (Å²) in [6.07, 6.45) is 0. The molecule has 0 aliphatic carbocycles. The van der Waals surface area contributed by atoms with Gasteiger partial charge in [-0.15, -0.1) is 0 Å². The molecule has 1 aliphatic rings. The zero-order valence-electron chi connectivity index (χ0n) is 9.88. The van der Waals surface area contributed by atoms with Gasteiger partial charge in [-0.2, -0.15) is 4.74 Å². The molecule has 0 N–H and O–H groups in total. The molecule has 18 heavy (non-hydrogen) atoms. The summed E-state index contributed by atoms with van der Waals surface area (Å²) < 4.78 is 0.729. The van der Waals surface area contributed by atoms with Crippen molar-refractivity contribution in [1.29, 1.82) is 0 Å². The molecule has 3 nitrogen and oxygen atoms in total. The first-order valence-corrected chi connectivity index (χ1v) is 5.73. The zero-order valence-corrected chi connectivity index (χ0v) is 9.88. The van der Waals surface area contributed by atoms with E-state index in [2.05, 4.69) is 0 Å². The average Bonchev–Trinajstić information content (AvgIpc) is 2.63. The second-order valence-electron chi connectivity index (χ2n) is 4.36. The summed E-state index contributed by atoms with van der Waals surface area (Å²) in [5.74, 6) is -0.199. The molecule has 0 bridgehead atoms. The van der Waals surface area contributed by atoms with Gasteiger partial charge in [-0.3, -0.25) is 4.79 Å². The first-order valence-electron chi connectivity index (χ1n) is 5.73. The number of carbonyl (C=O) groups excluding carboxylic acids is 1. The van der Waals surface area contributed by atoms with E-state index in [9.17, 15) is 10.0 Å². The lowest BCUT2D eigenvalue weighted by Crippen LogP contribution is -2.16. The van der Waals surface area contributed by atoms with E-state index in [0.29, 0.717) is 16.8 Å². The Hall–Kier alpha value is -2.42. The van der Waals surface area contributed by atoms with Crippen LogP contribution in [0.5, 0.6) is 0 Å². The number of hydrogen-bond donors (Lipinski definition) is 0. The van der Waals surface area contributed by atoms with Gasteiger partial charge in [-0.05, 0) is 30.7 Å².